The number of hydrogen-bond acceptors (Lipinski definition) is 0. The zero-order chi connectivity index (χ0) is 11.7. The van der Waals surface area contributed by atoms with Gasteiger partial charge in [0.2, 0.25) is 0 Å². The van der Waals surface area contributed by atoms with Gasteiger partial charge in [0.25, 0.3) is 0 Å². The van der Waals surface area contributed by atoms with Crippen molar-refractivity contribution in [2.75, 3.05) is 0 Å². The van der Waals surface area contributed by atoms with E-state index in [0.29, 0.717) is 11.1 Å². The molecule has 0 nitrogen and oxygen atoms in total. The van der Waals surface area contributed by atoms with Crippen molar-refractivity contribution < 1.29 is 8.78 Å². The van der Waals surface area contributed by atoms with Gasteiger partial charge in [0.1, 0.15) is 11.6 Å². The third kappa shape index (κ3) is 2.16. The first kappa shape index (κ1) is 11.3. The highest BCUT2D eigenvalue weighted by Crippen LogP contribution is 2.35. The molecule has 1 atom stereocenters. The van der Waals surface area contributed by atoms with Crippen LogP contribution in [0.4, 0.5) is 8.78 Å². The molecule has 16 heavy (non-hydrogen) atoms. The molecular formula is C14H16F2. The highest BCUT2D eigenvalue weighted by atomic mass is 19.1. The topological polar surface area (TPSA) is 0 Å². The van der Waals surface area contributed by atoms with E-state index in [1.54, 1.807) is 0 Å². The average Bonchev–Trinajstić information content (AvgIpc) is 3.07. The van der Waals surface area contributed by atoms with E-state index in [4.69, 9.17) is 0 Å². The minimum Gasteiger partial charge on any atom is -0.207 e. The van der Waals surface area contributed by atoms with Gasteiger partial charge in [-0.15, -0.1) is 0 Å². The van der Waals surface area contributed by atoms with Crippen molar-refractivity contribution in [3.05, 3.63) is 40.5 Å². The summed E-state index contributed by atoms with van der Waals surface area (Å²) in [5.74, 6) is -0.541. The average molecular weight is 222 g/mol. The summed E-state index contributed by atoms with van der Waals surface area (Å²) in [6.07, 6.45) is 4.68. The Morgan fingerprint density at radius 2 is 1.88 bits per heavy atom. The fourth-order valence-electron chi connectivity index (χ4n) is 1.86. The summed E-state index contributed by atoms with van der Waals surface area (Å²) in [6.45, 7) is 3.93. The van der Waals surface area contributed by atoms with Gasteiger partial charge in [0.15, 0.2) is 0 Å². The number of halogens is 2. The molecule has 0 unspecified atom stereocenters. The first-order valence-electron chi connectivity index (χ1n) is 5.80. The van der Waals surface area contributed by atoms with Crippen molar-refractivity contribution in [2.24, 2.45) is 0 Å². The number of hydrogen-bond donors (Lipinski definition) is 0. The van der Waals surface area contributed by atoms with E-state index >= 15 is 0 Å². The molecule has 0 amide bonds. The van der Waals surface area contributed by atoms with Crippen LogP contribution in [0.15, 0.2) is 17.7 Å². The lowest BCUT2D eigenvalue weighted by Gasteiger charge is -2.14. The molecule has 2 heteroatoms. The molecular weight excluding hydrogens is 206 g/mol. The molecule has 1 aromatic rings. The summed E-state index contributed by atoms with van der Waals surface area (Å²) >= 11 is 0. The van der Waals surface area contributed by atoms with Crippen molar-refractivity contribution in [3.8, 4) is 0 Å². The van der Waals surface area contributed by atoms with Crippen molar-refractivity contribution in [2.45, 2.75) is 39.0 Å². The summed E-state index contributed by atoms with van der Waals surface area (Å²) in [7, 11) is 0. The lowest BCUT2D eigenvalue weighted by atomic mass is 9.92. The van der Waals surface area contributed by atoms with Gasteiger partial charge in [0.05, 0.1) is 0 Å². The summed E-state index contributed by atoms with van der Waals surface area (Å²) in [4.78, 5) is 0. The van der Waals surface area contributed by atoms with Gasteiger partial charge in [0, 0.05) is 11.1 Å². The van der Waals surface area contributed by atoms with Crippen LogP contribution in [0.2, 0.25) is 0 Å². The Labute approximate surface area is 95.0 Å². The smallest absolute Gasteiger partial charge is 0.130 e. The summed E-state index contributed by atoms with van der Waals surface area (Å²) in [5, 5.41) is 0. The zero-order valence-corrected chi connectivity index (χ0v) is 9.69. The van der Waals surface area contributed by atoms with E-state index < -0.39 is 0 Å². The fraction of sp³-hybridized carbons (Fsp3) is 0.429. The molecule has 1 fully saturated rings. The van der Waals surface area contributed by atoms with Crippen LogP contribution in [0.1, 0.15) is 50.2 Å². The van der Waals surface area contributed by atoms with Crippen molar-refractivity contribution in [1.29, 1.82) is 0 Å². The lowest BCUT2D eigenvalue weighted by molar-refractivity contribution is 0.561. The Morgan fingerprint density at radius 3 is 2.44 bits per heavy atom. The standard InChI is InChI=1S/C14H16F2/c1-3-9(2)14-11(8-10-4-5-10)12(15)6-7-13(14)16/h6-9H,3-5H2,1-2H3/t9-/m1/s1. The van der Waals surface area contributed by atoms with Gasteiger partial charge >= 0.3 is 0 Å². The molecule has 2 rings (SSSR count). The Morgan fingerprint density at radius 1 is 1.25 bits per heavy atom. The molecule has 0 bridgehead atoms. The minimum absolute atomic E-state index is 0.0568. The van der Waals surface area contributed by atoms with Crippen LogP contribution >= 0.6 is 0 Å². The van der Waals surface area contributed by atoms with Crippen LogP contribution in [0.3, 0.4) is 0 Å². The van der Waals surface area contributed by atoms with Crippen LogP contribution in [0.25, 0.3) is 6.08 Å². The second-order valence-corrected chi connectivity index (χ2v) is 4.47. The number of rotatable bonds is 3. The molecule has 86 valence electrons. The maximum Gasteiger partial charge on any atom is 0.130 e. The van der Waals surface area contributed by atoms with Crippen LogP contribution < -0.4 is 0 Å². The quantitative estimate of drug-likeness (QED) is 0.698. The van der Waals surface area contributed by atoms with Gasteiger partial charge < -0.3 is 0 Å². The second-order valence-electron chi connectivity index (χ2n) is 4.47. The molecule has 0 aromatic heterocycles. The Hall–Kier alpha value is -1.18. The van der Waals surface area contributed by atoms with Gasteiger partial charge in [-0.05, 0) is 37.3 Å². The molecule has 0 spiro atoms. The Kier molecular flexibility index (Phi) is 3.08. The van der Waals surface area contributed by atoms with E-state index in [0.717, 1.165) is 19.3 Å². The Balaban J connectivity index is 2.53. The van der Waals surface area contributed by atoms with Crippen LogP contribution in [-0.4, -0.2) is 0 Å². The molecule has 0 radical (unpaired) electrons. The molecule has 1 aromatic carbocycles. The molecule has 1 aliphatic rings. The molecule has 0 aliphatic heterocycles. The largest absolute Gasteiger partial charge is 0.207 e. The van der Waals surface area contributed by atoms with Crippen molar-refractivity contribution in [1.82, 2.24) is 0 Å². The number of allylic oxidation sites excluding steroid dienone is 1. The van der Waals surface area contributed by atoms with E-state index in [1.807, 2.05) is 19.9 Å². The maximum atomic E-state index is 13.7. The van der Waals surface area contributed by atoms with Gasteiger partial charge in [-0.25, -0.2) is 8.78 Å². The van der Waals surface area contributed by atoms with Gasteiger partial charge in [-0.1, -0.05) is 25.5 Å². The summed E-state index contributed by atoms with van der Waals surface area (Å²) in [5.41, 5.74) is 2.21. The predicted octanol–water partition coefficient (Wildman–Crippen LogP) is 4.66. The van der Waals surface area contributed by atoms with Crippen molar-refractivity contribution >= 4 is 6.08 Å². The zero-order valence-electron chi connectivity index (χ0n) is 9.69. The van der Waals surface area contributed by atoms with Gasteiger partial charge in [-0.3, -0.25) is 0 Å². The lowest BCUT2D eigenvalue weighted by Crippen LogP contribution is -2.02. The van der Waals surface area contributed by atoms with Crippen LogP contribution in [-0.2, 0) is 0 Å². The fourth-order valence-corrected chi connectivity index (χ4v) is 1.86. The number of benzene rings is 1. The monoisotopic (exact) mass is 222 g/mol. The highest BCUT2D eigenvalue weighted by Gasteiger charge is 2.19. The van der Waals surface area contributed by atoms with E-state index in [-0.39, 0.29) is 17.6 Å². The Bertz CT molecular complexity index is 427. The summed E-state index contributed by atoms with van der Waals surface area (Å²) < 4.78 is 27.4. The molecule has 1 aliphatic carbocycles. The third-order valence-corrected chi connectivity index (χ3v) is 3.17. The third-order valence-electron chi connectivity index (χ3n) is 3.17. The molecule has 0 saturated heterocycles. The predicted molar refractivity (Wildman–Crippen MR) is 62.3 cm³/mol. The first-order chi connectivity index (χ1) is 7.63. The maximum absolute atomic E-state index is 13.7. The van der Waals surface area contributed by atoms with Crippen LogP contribution in [0.5, 0.6) is 0 Å². The molecule has 0 heterocycles. The van der Waals surface area contributed by atoms with Crippen molar-refractivity contribution in [3.63, 3.8) is 0 Å². The first-order valence-corrected chi connectivity index (χ1v) is 5.80. The normalized spacial score (nSPS) is 16.1. The molecule has 0 N–H and O–H groups in total. The van der Waals surface area contributed by atoms with Crippen LogP contribution in [0, 0.1) is 11.6 Å². The van der Waals surface area contributed by atoms with E-state index in [1.165, 1.54) is 17.7 Å². The second kappa shape index (κ2) is 4.36. The SMILES string of the molecule is CC[C@@H](C)c1c(F)ccc(F)c1C=C1CC1. The van der Waals surface area contributed by atoms with E-state index in [9.17, 15) is 8.78 Å². The summed E-state index contributed by atoms with van der Waals surface area (Å²) in [6, 6.07) is 2.45. The van der Waals surface area contributed by atoms with Gasteiger partial charge in [-0.2, -0.15) is 0 Å². The highest BCUT2D eigenvalue weighted by molar-refractivity contribution is 5.61. The van der Waals surface area contributed by atoms with E-state index in [2.05, 4.69) is 0 Å². The minimum atomic E-state index is -0.309. The molecule has 1 saturated carbocycles.